The Morgan fingerprint density at radius 3 is 2.33 bits per heavy atom. The fourth-order valence-corrected chi connectivity index (χ4v) is 0.734. The van der Waals surface area contributed by atoms with Crippen LogP contribution in [0.2, 0.25) is 0 Å². The van der Waals surface area contributed by atoms with Crippen molar-refractivity contribution in [2.75, 3.05) is 11.1 Å². The molecule has 12 heavy (non-hydrogen) atoms. The minimum atomic E-state index is -0.459. The largest absolute Gasteiger partial charge is 0.399 e. The van der Waals surface area contributed by atoms with E-state index in [1.807, 2.05) is 5.43 Å². The molecule has 1 aromatic carbocycles. The lowest BCUT2D eigenvalue weighted by atomic mass is 10.3. The van der Waals surface area contributed by atoms with Crippen molar-refractivity contribution in [1.82, 2.24) is 5.43 Å². The molecule has 6 N–H and O–H groups in total. The summed E-state index contributed by atoms with van der Waals surface area (Å²) in [6.45, 7) is 0. The van der Waals surface area contributed by atoms with Gasteiger partial charge in [0, 0.05) is 11.4 Å². The Balaban J connectivity index is 2.64. The summed E-state index contributed by atoms with van der Waals surface area (Å²) in [5, 5.41) is 2.49. The van der Waals surface area contributed by atoms with Gasteiger partial charge in [-0.3, -0.25) is 5.43 Å². The summed E-state index contributed by atoms with van der Waals surface area (Å²) in [4.78, 5) is 10.7. The van der Waals surface area contributed by atoms with E-state index in [1.54, 1.807) is 24.3 Å². The van der Waals surface area contributed by atoms with Crippen molar-refractivity contribution >= 4 is 17.4 Å². The number of carbonyl (C=O) groups excluding carboxylic acids is 1. The molecule has 0 saturated carbocycles. The molecule has 5 nitrogen and oxygen atoms in total. The van der Waals surface area contributed by atoms with E-state index in [-0.39, 0.29) is 0 Å². The van der Waals surface area contributed by atoms with Gasteiger partial charge in [0.2, 0.25) is 0 Å². The molecule has 5 heteroatoms. The molecule has 0 heterocycles. The van der Waals surface area contributed by atoms with Crippen LogP contribution in [0.4, 0.5) is 16.2 Å². The molecule has 0 fully saturated rings. The van der Waals surface area contributed by atoms with Crippen LogP contribution >= 0.6 is 0 Å². The van der Waals surface area contributed by atoms with Gasteiger partial charge in [0.05, 0.1) is 0 Å². The topological polar surface area (TPSA) is 93.2 Å². The molecule has 0 aliphatic carbocycles. The number of carbonyl (C=O) groups is 1. The lowest BCUT2D eigenvalue weighted by molar-refractivity contribution is 0.252. The van der Waals surface area contributed by atoms with Gasteiger partial charge < -0.3 is 11.1 Å². The van der Waals surface area contributed by atoms with Gasteiger partial charge in [-0.2, -0.15) is 0 Å². The van der Waals surface area contributed by atoms with Crippen LogP contribution in [0.5, 0.6) is 0 Å². The van der Waals surface area contributed by atoms with E-state index in [4.69, 9.17) is 11.6 Å². The Bertz CT molecular complexity index is 269. The van der Waals surface area contributed by atoms with Crippen LogP contribution in [0.25, 0.3) is 0 Å². The third-order valence-corrected chi connectivity index (χ3v) is 1.30. The van der Waals surface area contributed by atoms with Crippen LogP contribution < -0.4 is 22.3 Å². The number of nitrogen functional groups attached to an aromatic ring is 1. The van der Waals surface area contributed by atoms with Gasteiger partial charge in [0.25, 0.3) is 0 Å². The second kappa shape index (κ2) is 3.59. The van der Waals surface area contributed by atoms with E-state index >= 15 is 0 Å². The fraction of sp³-hybridized carbons (Fsp3) is 0. The monoisotopic (exact) mass is 166 g/mol. The number of urea groups is 1. The average Bonchev–Trinajstić information content (AvgIpc) is 2.09. The number of benzene rings is 1. The minimum Gasteiger partial charge on any atom is -0.399 e. The highest BCUT2D eigenvalue weighted by Gasteiger charge is 1.96. The Hall–Kier alpha value is -1.75. The van der Waals surface area contributed by atoms with Gasteiger partial charge in [-0.05, 0) is 24.3 Å². The van der Waals surface area contributed by atoms with Crippen LogP contribution in [-0.2, 0) is 0 Å². The van der Waals surface area contributed by atoms with Crippen molar-refractivity contribution in [3.8, 4) is 0 Å². The second-order valence-corrected chi connectivity index (χ2v) is 2.22. The number of nitrogens with one attached hydrogen (secondary N) is 2. The van der Waals surface area contributed by atoms with Gasteiger partial charge in [0.15, 0.2) is 0 Å². The van der Waals surface area contributed by atoms with Gasteiger partial charge in [-0.1, -0.05) is 0 Å². The van der Waals surface area contributed by atoms with Gasteiger partial charge in [0.1, 0.15) is 0 Å². The molecule has 0 spiro atoms. The maximum absolute atomic E-state index is 10.7. The molecule has 0 aliphatic rings. The van der Waals surface area contributed by atoms with Gasteiger partial charge in [-0.15, -0.1) is 0 Å². The van der Waals surface area contributed by atoms with Crippen molar-refractivity contribution in [3.63, 3.8) is 0 Å². The van der Waals surface area contributed by atoms with E-state index in [0.717, 1.165) is 0 Å². The fourth-order valence-electron chi connectivity index (χ4n) is 0.734. The zero-order chi connectivity index (χ0) is 8.97. The van der Waals surface area contributed by atoms with Crippen LogP contribution in [0.1, 0.15) is 0 Å². The highest BCUT2D eigenvalue weighted by Crippen LogP contribution is 2.09. The minimum absolute atomic E-state index is 0.459. The zero-order valence-electron chi connectivity index (χ0n) is 6.37. The molecule has 0 unspecified atom stereocenters. The summed E-state index contributed by atoms with van der Waals surface area (Å²) in [5.74, 6) is 4.86. The van der Waals surface area contributed by atoms with Gasteiger partial charge >= 0.3 is 6.03 Å². The molecule has 1 rings (SSSR count). The van der Waals surface area contributed by atoms with Crippen molar-refractivity contribution in [3.05, 3.63) is 24.3 Å². The molecule has 0 aliphatic heterocycles. The third-order valence-electron chi connectivity index (χ3n) is 1.30. The van der Waals surface area contributed by atoms with Crippen LogP contribution in [0, 0.1) is 0 Å². The highest BCUT2D eigenvalue weighted by atomic mass is 16.2. The Morgan fingerprint density at radius 2 is 1.83 bits per heavy atom. The number of nitrogens with two attached hydrogens (primary N) is 2. The molecule has 2 amide bonds. The number of hydrogen-bond donors (Lipinski definition) is 4. The van der Waals surface area contributed by atoms with Crippen LogP contribution in [0.15, 0.2) is 24.3 Å². The van der Waals surface area contributed by atoms with Crippen molar-refractivity contribution < 1.29 is 4.79 Å². The molecule has 0 aromatic heterocycles. The lowest BCUT2D eigenvalue weighted by Gasteiger charge is -2.03. The Morgan fingerprint density at radius 1 is 1.25 bits per heavy atom. The maximum atomic E-state index is 10.7. The SMILES string of the molecule is NNC(=O)Nc1ccc(N)cc1. The maximum Gasteiger partial charge on any atom is 0.333 e. The highest BCUT2D eigenvalue weighted by molar-refractivity contribution is 5.88. The summed E-state index contributed by atoms with van der Waals surface area (Å²) in [6, 6.07) is 6.28. The Labute approximate surface area is 69.7 Å². The molecule has 0 radical (unpaired) electrons. The molecule has 0 saturated heterocycles. The molecule has 1 aromatic rings. The van der Waals surface area contributed by atoms with E-state index in [9.17, 15) is 4.79 Å². The smallest absolute Gasteiger partial charge is 0.333 e. The van der Waals surface area contributed by atoms with E-state index in [1.165, 1.54) is 0 Å². The lowest BCUT2D eigenvalue weighted by Crippen LogP contribution is -2.34. The summed E-state index contributed by atoms with van der Waals surface area (Å²) in [7, 11) is 0. The molecule has 0 bridgehead atoms. The molecular weight excluding hydrogens is 156 g/mol. The molecular formula is C7H10N4O. The van der Waals surface area contributed by atoms with E-state index < -0.39 is 6.03 Å². The molecule has 0 atom stereocenters. The number of hydrogen-bond acceptors (Lipinski definition) is 3. The predicted molar refractivity (Wildman–Crippen MR) is 47.2 cm³/mol. The summed E-state index contributed by atoms with van der Waals surface area (Å²) in [5.41, 5.74) is 8.68. The van der Waals surface area contributed by atoms with Crippen LogP contribution in [-0.4, -0.2) is 6.03 Å². The number of rotatable bonds is 1. The summed E-state index contributed by atoms with van der Waals surface area (Å²) in [6.07, 6.45) is 0. The van der Waals surface area contributed by atoms with Crippen molar-refractivity contribution in [2.24, 2.45) is 5.84 Å². The second-order valence-electron chi connectivity index (χ2n) is 2.22. The zero-order valence-corrected chi connectivity index (χ0v) is 6.37. The van der Waals surface area contributed by atoms with E-state index in [0.29, 0.717) is 11.4 Å². The normalized spacial score (nSPS) is 9.08. The van der Waals surface area contributed by atoms with Gasteiger partial charge in [-0.25, -0.2) is 10.6 Å². The quantitative estimate of drug-likeness (QED) is 0.209. The standard InChI is InChI=1S/C7H10N4O/c8-5-1-3-6(4-2-5)10-7(12)11-9/h1-4H,8-9H2,(H2,10,11,12). The first-order valence-corrected chi connectivity index (χ1v) is 3.35. The van der Waals surface area contributed by atoms with E-state index in [2.05, 4.69) is 5.32 Å². The van der Waals surface area contributed by atoms with Crippen molar-refractivity contribution in [1.29, 1.82) is 0 Å². The Kier molecular flexibility index (Phi) is 2.49. The molecule has 64 valence electrons. The number of anilines is 2. The number of hydrazine groups is 1. The van der Waals surface area contributed by atoms with Crippen molar-refractivity contribution in [2.45, 2.75) is 0 Å². The first-order valence-electron chi connectivity index (χ1n) is 3.35. The third kappa shape index (κ3) is 2.14. The predicted octanol–water partition coefficient (Wildman–Crippen LogP) is 0.264. The first-order chi connectivity index (χ1) is 5.72. The number of amides is 2. The first kappa shape index (κ1) is 8.35. The summed E-state index contributed by atoms with van der Waals surface area (Å²) >= 11 is 0. The average molecular weight is 166 g/mol. The van der Waals surface area contributed by atoms with Crippen LogP contribution in [0.3, 0.4) is 0 Å². The summed E-state index contributed by atoms with van der Waals surface area (Å²) < 4.78 is 0.